The topological polar surface area (TPSA) is 225 Å². The predicted octanol–water partition coefficient (Wildman–Crippen LogP) is 4.91. The first-order valence-electron chi connectivity index (χ1n) is 10.8. The van der Waals surface area contributed by atoms with Crippen molar-refractivity contribution in [3.05, 3.63) is 124 Å². The van der Waals surface area contributed by atoms with Crippen molar-refractivity contribution in [3.63, 3.8) is 0 Å². The molecule has 0 aliphatic rings. The number of hydrogen-bond acceptors (Lipinski definition) is 12. The summed E-state index contributed by atoms with van der Waals surface area (Å²) in [6, 6.07) is 13.2. The molecule has 0 aliphatic carbocycles. The van der Waals surface area contributed by atoms with Crippen LogP contribution in [0.1, 0.15) is 20.7 Å². The Balaban J connectivity index is 1.68. The molecular weight excluding hydrogens is 536 g/mol. The number of carbonyl (C=O) groups excluding carboxylic acids is 2. The van der Waals surface area contributed by atoms with E-state index in [1.807, 2.05) is 0 Å². The largest absolute Gasteiger partial charge is 0.422 e. The molecule has 0 bridgehead atoms. The number of non-ortho nitro benzene ring substituents is 2. The molecule has 40 heavy (non-hydrogen) atoms. The van der Waals surface area contributed by atoms with Crippen LogP contribution in [0.4, 0.5) is 22.7 Å². The highest BCUT2D eigenvalue weighted by atomic mass is 16.6. The zero-order valence-corrected chi connectivity index (χ0v) is 19.6. The van der Waals surface area contributed by atoms with Gasteiger partial charge < -0.3 is 9.47 Å². The molecule has 0 heterocycles. The van der Waals surface area contributed by atoms with Crippen LogP contribution in [0.5, 0.6) is 11.5 Å². The lowest BCUT2D eigenvalue weighted by atomic mass is 10.1. The molecule has 0 amide bonds. The molecule has 200 valence electrons. The number of carbonyl (C=O) groups is 2. The van der Waals surface area contributed by atoms with E-state index in [0.29, 0.717) is 12.1 Å². The van der Waals surface area contributed by atoms with Gasteiger partial charge in [0.1, 0.15) is 22.6 Å². The quantitative estimate of drug-likeness (QED) is 0.124. The third-order valence-corrected chi connectivity index (χ3v) is 5.46. The first kappa shape index (κ1) is 26.7. The number of fused-ring (bicyclic) bond motifs is 1. The summed E-state index contributed by atoms with van der Waals surface area (Å²) >= 11 is 0. The van der Waals surface area contributed by atoms with Gasteiger partial charge in [-0.15, -0.1) is 0 Å². The Kier molecular flexibility index (Phi) is 7.07. The van der Waals surface area contributed by atoms with E-state index in [9.17, 15) is 50.0 Å². The van der Waals surface area contributed by atoms with E-state index in [0.717, 1.165) is 24.3 Å². The summed E-state index contributed by atoms with van der Waals surface area (Å²) in [6.07, 6.45) is 0. The van der Waals surface area contributed by atoms with Gasteiger partial charge in [-0.05, 0) is 24.3 Å². The average molecular weight is 548 g/mol. The number of nitro benzene ring substituents is 4. The van der Waals surface area contributed by atoms with Crippen LogP contribution in [0.2, 0.25) is 0 Å². The first-order chi connectivity index (χ1) is 19.0. The second-order valence-corrected chi connectivity index (χ2v) is 7.82. The molecule has 0 atom stereocenters. The van der Waals surface area contributed by atoms with Crippen LogP contribution in [0.3, 0.4) is 0 Å². The summed E-state index contributed by atoms with van der Waals surface area (Å²) in [5.41, 5.74) is -4.01. The molecule has 0 N–H and O–H groups in total. The molecule has 0 fully saturated rings. The standard InChI is InChI=1S/C24H12N4O12/c29-23(17-9-7-13(25(31)32)11-19(17)27(35)36)39-21-5-1-3-15-16(21)4-2-6-22(15)40-24(30)18-10-8-14(26(33)34)12-20(18)28(37)38/h1-12H. The van der Waals surface area contributed by atoms with Crippen molar-refractivity contribution < 1.29 is 38.8 Å². The zero-order valence-electron chi connectivity index (χ0n) is 19.6. The van der Waals surface area contributed by atoms with Crippen LogP contribution in [-0.4, -0.2) is 31.6 Å². The van der Waals surface area contributed by atoms with E-state index in [4.69, 9.17) is 9.47 Å². The second kappa shape index (κ2) is 10.6. The van der Waals surface area contributed by atoms with Crippen LogP contribution in [0.25, 0.3) is 10.8 Å². The molecule has 4 aromatic rings. The number of esters is 2. The van der Waals surface area contributed by atoms with E-state index in [-0.39, 0.29) is 22.3 Å². The summed E-state index contributed by atoms with van der Waals surface area (Å²) in [6.45, 7) is 0. The van der Waals surface area contributed by atoms with E-state index < -0.39 is 65.5 Å². The SMILES string of the molecule is O=C(Oc1cccc2c(OC(=O)c3ccc([N+](=O)[O-])cc3[N+](=O)[O-])cccc12)c1ccc([N+](=O)[O-])cc1[N+](=O)[O-]. The molecule has 4 rings (SSSR count). The lowest BCUT2D eigenvalue weighted by Crippen LogP contribution is -2.12. The molecule has 0 radical (unpaired) electrons. The highest BCUT2D eigenvalue weighted by Gasteiger charge is 2.28. The summed E-state index contributed by atoms with van der Waals surface area (Å²) in [4.78, 5) is 66.6. The number of rotatable bonds is 8. The molecule has 0 unspecified atom stereocenters. The van der Waals surface area contributed by atoms with Crippen LogP contribution in [0.15, 0.2) is 72.8 Å². The minimum Gasteiger partial charge on any atom is -0.422 e. The molecule has 0 aromatic heterocycles. The van der Waals surface area contributed by atoms with Gasteiger partial charge in [-0.2, -0.15) is 0 Å². The fourth-order valence-electron chi connectivity index (χ4n) is 3.65. The Morgan fingerprint density at radius 2 is 0.900 bits per heavy atom. The van der Waals surface area contributed by atoms with Crippen molar-refractivity contribution in [2.45, 2.75) is 0 Å². The number of ether oxygens (including phenoxy) is 2. The fraction of sp³-hybridized carbons (Fsp3) is 0. The maximum Gasteiger partial charge on any atom is 0.350 e. The van der Waals surface area contributed by atoms with Gasteiger partial charge in [-0.3, -0.25) is 40.5 Å². The molecule has 4 aromatic carbocycles. The Bertz CT molecular complexity index is 1640. The van der Waals surface area contributed by atoms with Gasteiger partial charge in [0.25, 0.3) is 22.7 Å². The third-order valence-electron chi connectivity index (χ3n) is 5.46. The minimum atomic E-state index is -1.20. The molecular formula is C24H12N4O12. The van der Waals surface area contributed by atoms with Gasteiger partial charge in [0.2, 0.25) is 0 Å². The van der Waals surface area contributed by atoms with Crippen molar-refractivity contribution >= 4 is 45.5 Å². The van der Waals surface area contributed by atoms with Crippen LogP contribution >= 0.6 is 0 Å². The van der Waals surface area contributed by atoms with Crippen LogP contribution in [-0.2, 0) is 0 Å². The monoisotopic (exact) mass is 548 g/mol. The summed E-state index contributed by atoms with van der Waals surface area (Å²) in [7, 11) is 0. The Hall–Kier alpha value is -6.32. The summed E-state index contributed by atoms with van der Waals surface area (Å²) in [5, 5.41) is 45.1. The smallest absolute Gasteiger partial charge is 0.350 e. The van der Waals surface area contributed by atoms with E-state index in [1.54, 1.807) is 0 Å². The Morgan fingerprint density at radius 1 is 0.525 bits per heavy atom. The maximum atomic E-state index is 12.8. The molecule has 0 aliphatic heterocycles. The van der Waals surface area contributed by atoms with Crippen molar-refractivity contribution in [1.29, 1.82) is 0 Å². The zero-order chi connectivity index (χ0) is 29.1. The minimum absolute atomic E-state index is 0.116. The van der Waals surface area contributed by atoms with Crippen molar-refractivity contribution in [1.82, 2.24) is 0 Å². The Labute approximate surface area is 220 Å². The van der Waals surface area contributed by atoms with Gasteiger partial charge in [-0.1, -0.05) is 24.3 Å². The van der Waals surface area contributed by atoms with E-state index >= 15 is 0 Å². The van der Waals surface area contributed by atoms with Gasteiger partial charge >= 0.3 is 11.9 Å². The highest BCUT2D eigenvalue weighted by Crippen LogP contribution is 2.35. The van der Waals surface area contributed by atoms with Gasteiger partial charge in [0.05, 0.1) is 31.8 Å². The van der Waals surface area contributed by atoms with Crippen molar-refractivity contribution in [2.75, 3.05) is 0 Å². The van der Waals surface area contributed by atoms with E-state index in [2.05, 4.69) is 0 Å². The number of nitro groups is 4. The highest BCUT2D eigenvalue weighted by molar-refractivity contribution is 6.02. The second-order valence-electron chi connectivity index (χ2n) is 7.82. The molecule has 0 saturated carbocycles. The summed E-state index contributed by atoms with van der Waals surface area (Å²) in [5.74, 6) is -2.63. The molecule has 16 nitrogen and oxygen atoms in total. The first-order valence-corrected chi connectivity index (χ1v) is 10.8. The van der Waals surface area contributed by atoms with Gasteiger partial charge in [0.15, 0.2) is 0 Å². The van der Waals surface area contributed by atoms with Gasteiger partial charge in [-0.25, -0.2) is 9.59 Å². The molecule has 16 heteroatoms. The van der Waals surface area contributed by atoms with Crippen LogP contribution < -0.4 is 9.47 Å². The molecule has 0 spiro atoms. The van der Waals surface area contributed by atoms with Gasteiger partial charge in [0, 0.05) is 22.9 Å². The normalized spacial score (nSPS) is 10.5. The summed E-state index contributed by atoms with van der Waals surface area (Å²) < 4.78 is 10.7. The van der Waals surface area contributed by atoms with Crippen molar-refractivity contribution in [2.24, 2.45) is 0 Å². The number of hydrogen-bond donors (Lipinski definition) is 0. The predicted molar refractivity (Wildman–Crippen MR) is 133 cm³/mol. The van der Waals surface area contributed by atoms with E-state index in [1.165, 1.54) is 36.4 Å². The van der Waals surface area contributed by atoms with Crippen LogP contribution in [0, 0.1) is 40.5 Å². The maximum absolute atomic E-state index is 12.8. The molecule has 0 saturated heterocycles. The third kappa shape index (κ3) is 5.21. The number of nitrogens with zero attached hydrogens (tertiary/aromatic N) is 4. The lowest BCUT2D eigenvalue weighted by molar-refractivity contribution is -0.394. The Morgan fingerprint density at radius 3 is 1.23 bits per heavy atom. The number of benzene rings is 4. The fourth-order valence-corrected chi connectivity index (χ4v) is 3.65. The average Bonchev–Trinajstić information content (AvgIpc) is 2.92. The van der Waals surface area contributed by atoms with Crippen molar-refractivity contribution in [3.8, 4) is 11.5 Å². The lowest BCUT2D eigenvalue weighted by Gasteiger charge is -2.11.